The molecule has 0 aromatic carbocycles. The average molecular weight is 411 g/mol. The second-order valence-corrected chi connectivity index (χ2v) is 4.99. The van der Waals surface area contributed by atoms with E-state index in [9.17, 15) is 0 Å². The molecular weight excluding hydrogens is 391 g/mol. The van der Waals surface area contributed by atoms with Crippen molar-refractivity contribution in [3.05, 3.63) is 23.4 Å². The highest BCUT2D eigenvalue weighted by molar-refractivity contribution is 14.0. The smallest absolute Gasteiger partial charge is 0.213 e. The minimum Gasteiger partial charge on any atom is -0.476 e. The van der Waals surface area contributed by atoms with Crippen LogP contribution in [0.1, 0.15) is 25.7 Å². The standard InChI is InChI=1S/C13H19ClN4O.HI/c14-10-5-6-12(17-9-10)19-8-7-16-13(15)18-11-3-1-2-4-11;/h5-6,9,11H,1-4,7-8H2,(H3,15,16,18);1H. The van der Waals surface area contributed by atoms with Gasteiger partial charge in [0.25, 0.3) is 0 Å². The van der Waals surface area contributed by atoms with E-state index in [-0.39, 0.29) is 24.0 Å². The number of hydrogen-bond donors (Lipinski definition) is 2. The maximum absolute atomic E-state index is 5.80. The minimum atomic E-state index is 0. The van der Waals surface area contributed by atoms with Gasteiger partial charge < -0.3 is 15.8 Å². The van der Waals surface area contributed by atoms with Crippen LogP contribution in [0.4, 0.5) is 0 Å². The molecule has 1 aromatic rings. The van der Waals surface area contributed by atoms with Gasteiger partial charge in [-0.2, -0.15) is 0 Å². The molecule has 0 atom stereocenters. The molecule has 0 spiro atoms. The van der Waals surface area contributed by atoms with E-state index in [1.54, 1.807) is 18.3 Å². The van der Waals surface area contributed by atoms with E-state index in [4.69, 9.17) is 22.1 Å². The summed E-state index contributed by atoms with van der Waals surface area (Å²) in [6.45, 7) is 0.956. The van der Waals surface area contributed by atoms with Crippen LogP contribution in [0, 0.1) is 0 Å². The van der Waals surface area contributed by atoms with Gasteiger partial charge in [0.05, 0.1) is 11.6 Å². The van der Waals surface area contributed by atoms with Gasteiger partial charge in [-0.3, -0.25) is 0 Å². The SMILES string of the molecule is I.NC(=NCCOc1ccc(Cl)cn1)NC1CCCC1. The third-order valence-corrected chi connectivity index (χ3v) is 3.25. The second kappa shape index (κ2) is 9.23. The molecule has 0 saturated heterocycles. The van der Waals surface area contributed by atoms with Crippen LogP contribution in [0.25, 0.3) is 0 Å². The summed E-state index contributed by atoms with van der Waals surface area (Å²) in [7, 11) is 0. The maximum Gasteiger partial charge on any atom is 0.213 e. The summed E-state index contributed by atoms with van der Waals surface area (Å²) in [5, 5.41) is 3.82. The predicted octanol–water partition coefficient (Wildman–Crippen LogP) is 2.58. The number of rotatable bonds is 5. The Morgan fingerprint density at radius 2 is 2.20 bits per heavy atom. The molecule has 20 heavy (non-hydrogen) atoms. The zero-order chi connectivity index (χ0) is 13.5. The molecule has 0 unspecified atom stereocenters. The predicted molar refractivity (Wildman–Crippen MR) is 92.0 cm³/mol. The van der Waals surface area contributed by atoms with Gasteiger partial charge in [0.2, 0.25) is 5.88 Å². The fourth-order valence-corrected chi connectivity index (χ4v) is 2.20. The molecule has 5 nitrogen and oxygen atoms in total. The molecule has 112 valence electrons. The third-order valence-electron chi connectivity index (χ3n) is 3.03. The topological polar surface area (TPSA) is 72.5 Å². The summed E-state index contributed by atoms with van der Waals surface area (Å²) in [6.07, 6.45) is 6.46. The van der Waals surface area contributed by atoms with Crippen molar-refractivity contribution in [1.82, 2.24) is 10.3 Å². The van der Waals surface area contributed by atoms with Crippen LogP contribution in [0.5, 0.6) is 5.88 Å². The number of pyridine rings is 1. The lowest BCUT2D eigenvalue weighted by molar-refractivity contribution is 0.316. The number of aromatic nitrogens is 1. The monoisotopic (exact) mass is 410 g/mol. The quantitative estimate of drug-likeness (QED) is 0.339. The number of aliphatic imine (C=N–C) groups is 1. The lowest BCUT2D eigenvalue weighted by Crippen LogP contribution is -2.38. The van der Waals surface area contributed by atoms with Crippen LogP contribution in [0.2, 0.25) is 5.02 Å². The second-order valence-electron chi connectivity index (χ2n) is 4.56. The molecule has 2 rings (SSSR count). The highest BCUT2D eigenvalue weighted by Gasteiger charge is 2.14. The molecule has 0 amide bonds. The van der Waals surface area contributed by atoms with Crippen LogP contribution in [0.3, 0.4) is 0 Å². The Bertz CT molecular complexity index is 421. The Morgan fingerprint density at radius 1 is 1.45 bits per heavy atom. The Kier molecular flexibility index (Phi) is 7.98. The summed E-state index contributed by atoms with van der Waals surface area (Å²) in [5.41, 5.74) is 5.80. The molecule has 1 aromatic heterocycles. The molecule has 7 heteroatoms. The van der Waals surface area contributed by atoms with E-state index < -0.39 is 0 Å². The van der Waals surface area contributed by atoms with Gasteiger partial charge in [-0.05, 0) is 18.9 Å². The highest BCUT2D eigenvalue weighted by Crippen LogP contribution is 2.17. The summed E-state index contributed by atoms with van der Waals surface area (Å²) >= 11 is 5.73. The highest BCUT2D eigenvalue weighted by atomic mass is 127. The maximum atomic E-state index is 5.80. The number of nitrogens with zero attached hydrogens (tertiary/aromatic N) is 2. The molecule has 3 N–H and O–H groups in total. The van der Waals surface area contributed by atoms with Crippen molar-refractivity contribution < 1.29 is 4.74 Å². The molecule has 1 aliphatic rings. The number of ether oxygens (including phenoxy) is 1. The summed E-state index contributed by atoms with van der Waals surface area (Å²) < 4.78 is 5.42. The van der Waals surface area contributed by atoms with Crippen molar-refractivity contribution in [2.45, 2.75) is 31.7 Å². The fraction of sp³-hybridized carbons (Fsp3) is 0.538. The van der Waals surface area contributed by atoms with Gasteiger partial charge in [0.1, 0.15) is 6.61 Å². The van der Waals surface area contributed by atoms with Crippen molar-refractivity contribution in [2.75, 3.05) is 13.2 Å². The number of guanidine groups is 1. The molecule has 1 aliphatic carbocycles. The molecular formula is C13H20ClIN4O. The van der Waals surface area contributed by atoms with E-state index in [0.717, 1.165) is 0 Å². The van der Waals surface area contributed by atoms with E-state index in [1.807, 2.05) is 0 Å². The molecule has 0 bridgehead atoms. The van der Waals surface area contributed by atoms with E-state index in [1.165, 1.54) is 25.7 Å². The number of nitrogens with one attached hydrogen (secondary N) is 1. The van der Waals surface area contributed by atoms with Crippen molar-refractivity contribution in [3.8, 4) is 5.88 Å². The largest absolute Gasteiger partial charge is 0.476 e. The first kappa shape index (κ1) is 17.3. The van der Waals surface area contributed by atoms with Crippen LogP contribution in [-0.4, -0.2) is 30.1 Å². The van der Waals surface area contributed by atoms with Crippen molar-refractivity contribution in [2.24, 2.45) is 10.7 Å². The van der Waals surface area contributed by atoms with E-state index in [0.29, 0.717) is 36.1 Å². The molecule has 1 saturated carbocycles. The number of halogens is 2. The Hall–Kier alpha value is -0.760. The van der Waals surface area contributed by atoms with Gasteiger partial charge in [0, 0.05) is 18.3 Å². The van der Waals surface area contributed by atoms with Crippen molar-refractivity contribution in [3.63, 3.8) is 0 Å². The minimum absolute atomic E-state index is 0. The fourth-order valence-electron chi connectivity index (χ4n) is 2.09. The van der Waals surface area contributed by atoms with Crippen LogP contribution in [-0.2, 0) is 0 Å². The Labute approximate surface area is 141 Å². The first-order valence-electron chi connectivity index (χ1n) is 6.55. The average Bonchev–Trinajstić information content (AvgIpc) is 2.89. The third kappa shape index (κ3) is 6.13. The summed E-state index contributed by atoms with van der Waals surface area (Å²) in [6, 6.07) is 3.96. The molecule has 1 fully saturated rings. The Balaban J connectivity index is 0.00000200. The molecule has 0 radical (unpaired) electrons. The van der Waals surface area contributed by atoms with Crippen LogP contribution in [0.15, 0.2) is 23.3 Å². The van der Waals surface area contributed by atoms with Gasteiger partial charge in [-0.25, -0.2) is 9.98 Å². The van der Waals surface area contributed by atoms with Crippen molar-refractivity contribution >= 4 is 41.5 Å². The first-order chi connectivity index (χ1) is 9.24. The first-order valence-corrected chi connectivity index (χ1v) is 6.92. The van der Waals surface area contributed by atoms with Gasteiger partial charge in [-0.15, -0.1) is 24.0 Å². The van der Waals surface area contributed by atoms with Gasteiger partial charge in [0.15, 0.2) is 5.96 Å². The Morgan fingerprint density at radius 3 is 2.85 bits per heavy atom. The summed E-state index contributed by atoms with van der Waals surface area (Å²) in [4.78, 5) is 8.25. The summed E-state index contributed by atoms with van der Waals surface area (Å²) in [5.74, 6) is 1.04. The zero-order valence-corrected chi connectivity index (χ0v) is 14.3. The molecule has 0 aliphatic heterocycles. The van der Waals surface area contributed by atoms with Gasteiger partial charge in [-0.1, -0.05) is 24.4 Å². The van der Waals surface area contributed by atoms with Crippen LogP contribution < -0.4 is 15.8 Å². The van der Waals surface area contributed by atoms with E-state index in [2.05, 4.69) is 15.3 Å². The van der Waals surface area contributed by atoms with E-state index >= 15 is 0 Å². The van der Waals surface area contributed by atoms with Crippen molar-refractivity contribution in [1.29, 1.82) is 0 Å². The molecule has 1 heterocycles. The number of hydrogen-bond acceptors (Lipinski definition) is 3. The number of nitrogens with two attached hydrogens (primary N) is 1. The zero-order valence-electron chi connectivity index (χ0n) is 11.2. The van der Waals surface area contributed by atoms with Gasteiger partial charge >= 0.3 is 0 Å². The normalized spacial score (nSPS) is 15.8. The lowest BCUT2D eigenvalue weighted by atomic mass is 10.2. The lowest BCUT2D eigenvalue weighted by Gasteiger charge is -2.12. The van der Waals surface area contributed by atoms with Crippen LogP contribution >= 0.6 is 35.6 Å².